The van der Waals surface area contributed by atoms with E-state index >= 15 is 0 Å². The molecule has 130 valence electrons. The number of carbonyl (C=O) groups excluding carboxylic acids is 1. The van der Waals surface area contributed by atoms with E-state index in [-0.39, 0.29) is 19.1 Å². The van der Waals surface area contributed by atoms with E-state index in [0.717, 1.165) is 17.0 Å². The van der Waals surface area contributed by atoms with Crippen LogP contribution in [0.4, 0.5) is 0 Å². The summed E-state index contributed by atoms with van der Waals surface area (Å²) in [5, 5.41) is 16.6. The predicted molar refractivity (Wildman–Crippen MR) is 95.7 cm³/mol. The number of aryl methyl sites for hydroxylation is 2. The number of hydrogen-bond donors (Lipinski definition) is 2. The van der Waals surface area contributed by atoms with E-state index in [1.165, 1.54) is 11.8 Å². The molecule has 25 heavy (non-hydrogen) atoms. The first-order chi connectivity index (χ1) is 12.1. The van der Waals surface area contributed by atoms with Crippen LogP contribution in [0.5, 0.6) is 0 Å². The van der Waals surface area contributed by atoms with Crippen molar-refractivity contribution in [3.63, 3.8) is 0 Å². The van der Waals surface area contributed by atoms with E-state index in [2.05, 4.69) is 20.4 Å². The minimum atomic E-state index is -0.193. The van der Waals surface area contributed by atoms with Gasteiger partial charge in [-0.05, 0) is 31.5 Å². The number of rotatable bonds is 6. The third-order valence-electron chi connectivity index (χ3n) is 3.61. The summed E-state index contributed by atoms with van der Waals surface area (Å²) in [6.07, 6.45) is 0. The van der Waals surface area contributed by atoms with Gasteiger partial charge < -0.3 is 10.4 Å². The second kappa shape index (κ2) is 7.62. The van der Waals surface area contributed by atoms with Gasteiger partial charge >= 0.3 is 0 Å². The standard InChI is InChI=1S/C17H19N5O2S/c1-11-9-12(2)22-16(19-11)20-17(21-22)25-10-13-5-3-4-6-14(13)15(24)18-7-8-23/h3-6,9,23H,7-8,10H2,1-2H3,(H,18,24). The maximum absolute atomic E-state index is 12.2. The molecular weight excluding hydrogens is 338 g/mol. The number of amides is 1. The van der Waals surface area contributed by atoms with Gasteiger partial charge in [-0.15, -0.1) is 5.10 Å². The molecular formula is C17H19N5O2S. The number of nitrogens with zero attached hydrogens (tertiary/aromatic N) is 4. The fraction of sp³-hybridized carbons (Fsp3) is 0.294. The van der Waals surface area contributed by atoms with Crippen molar-refractivity contribution in [2.24, 2.45) is 0 Å². The van der Waals surface area contributed by atoms with Crippen molar-refractivity contribution in [3.8, 4) is 0 Å². The number of carbonyl (C=O) groups is 1. The average Bonchev–Trinajstić information content (AvgIpc) is 3.01. The largest absolute Gasteiger partial charge is 0.395 e. The topological polar surface area (TPSA) is 92.4 Å². The van der Waals surface area contributed by atoms with E-state index in [1.807, 2.05) is 38.1 Å². The molecule has 3 aromatic rings. The first kappa shape index (κ1) is 17.4. The Kier molecular flexibility index (Phi) is 5.30. The molecule has 0 saturated heterocycles. The van der Waals surface area contributed by atoms with Gasteiger partial charge in [0.1, 0.15) is 0 Å². The Balaban J connectivity index is 1.78. The molecule has 2 N–H and O–H groups in total. The van der Waals surface area contributed by atoms with Crippen molar-refractivity contribution in [1.29, 1.82) is 0 Å². The highest BCUT2D eigenvalue weighted by Crippen LogP contribution is 2.22. The van der Waals surface area contributed by atoms with Gasteiger partial charge in [-0.2, -0.15) is 4.98 Å². The highest BCUT2D eigenvalue weighted by molar-refractivity contribution is 7.98. The van der Waals surface area contributed by atoms with Crippen LogP contribution in [0.15, 0.2) is 35.5 Å². The normalized spacial score (nSPS) is 11.0. The minimum absolute atomic E-state index is 0.0837. The van der Waals surface area contributed by atoms with Crippen LogP contribution >= 0.6 is 11.8 Å². The lowest BCUT2D eigenvalue weighted by atomic mass is 10.1. The molecule has 0 aliphatic rings. The number of benzene rings is 1. The zero-order chi connectivity index (χ0) is 17.8. The number of hydrogen-bond acceptors (Lipinski definition) is 6. The number of aliphatic hydroxyl groups is 1. The van der Waals surface area contributed by atoms with Crippen LogP contribution in [-0.2, 0) is 5.75 Å². The van der Waals surface area contributed by atoms with Crippen molar-refractivity contribution in [2.75, 3.05) is 13.2 Å². The van der Waals surface area contributed by atoms with Gasteiger partial charge in [0, 0.05) is 29.2 Å². The molecule has 0 aliphatic carbocycles. The molecule has 3 rings (SSSR count). The fourth-order valence-electron chi connectivity index (χ4n) is 2.48. The average molecular weight is 357 g/mol. The summed E-state index contributed by atoms with van der Waals surface area (Å²) in [7, 11) is 0. The SMILES string of the molecule is Cc1cc(C)n2nc(SCc3ccccc3C(=O)NCCO)nc2n1. The Morgan fingerprint density at radius 1 is 1.28 bits per heavy atom. The minimum Gasteiger partial charge on any atom is -0.395 e. The van der Waals surface area contributed by atoms with Gasteiger partial charge in [0.2, 0.25) is 5.16 Å². The number of nitrogens with one attached hydrogen (secondary N) is 1. The van der Waals surface area contributed by atoms with Crippen molar-refractivity contribution >= 4 is 23.4 Å². The van der Waals surface area contributed by atoms with Gasteiger partial charge in [0.25, 0.3) is 11.7 Å². The van der Waals surface area contributed by atoms with Crippen LogP contribution in [0, 0.1) is 13.8 Å². The highest BCUT2D eigenvalue weighted by atomic mass is 32.2. The number of fused-ring (bicyclic) bond motifs is 1. The molecule has 0 atom stereocenters. The Morgan fingerprint density at radius 2 is 2.08 bits per heavy atom. The first-order valence-corrected chi connectivity index (χ1v) is 8.88. The Morgan fingerprint density at radius 3 is 2.88 bits per heavy atom. The summed E-state index contributed by atoms with van der Waals surface area (Å²) >= 11 is 1.46. The van der Waals surface area contributed by atoms with Crippen LogP contribution in [-0.4, -0.2) is 43.7 Å². The van der Waals surface area contributed by atoms with E-state index in [9.17, 15) is 4.79 Å². The van der Waals surface area contributed by atoms with Crippen LogP contribution in [0.1, 0.15) is 27.3 Å². The van der Waals surface area contributed by atoms with Crippen LogP contribution < -0.4 is 5.32 Å². The summed E-state index contributed by atoms with van der Waals surface area (Å²) in [6, 6.07) is 9.35. The second-order valence-corrected chi connectivity index (χ2v) is 6.51. The highest BCUT2D eigenvalue weighted by Gasteiger charge is 2.13. The fourth-order valence-corrected chi connectivity index (χ4v) is 3.31. The van der Waals surface area contributed by atoms with Crippen molar-refractivity contribution in [1.82, 2.24) is 24.9 Å². The van der Waals surface area contributed by atoms with E-state index in [0.29, 0.717) is 22.3 Å². The van der Waals surface area contributed by atoms with Gasteiger partial charge in [-0.25, -0.2) is 9.50 Å². The van der Waals surface area contributed by atoms with Crippen LogP contribution in [0.25, 0.3) is 5.78 Å². The molecule has 0 bridgehead atoms. The molecule has 7 nitrogen and oxygen atoms in total. The molecule has 1 amide bonds. The summed E-state index contributed by atoms with van der Waals surface area (Å²) in [4.78, 5) is 21.0. The molecule has 0 fully saturated rings. The maximum Gasteiger partial charge on any atom is 0.253 e. The van der Waals surface area contributed by atoms with E-state index in [1.54, 1.807) is 10.6 Å². The molecule has 0 saturated carbocycles. The smallest absolute Gasteiger partial charge is 0.253 e. The Bertz CT molecular complexity index is 909. The molecule has 0 aliphatic heterocycles. The zero-order valence-corrected chi connectivity index (χ0v) is 14.9. The summed E-state index contributed by atoms with van der Waals surface area (Å²) in [5.41, 5.74) is 3.37. The lowest BCUT2D eigenvalue weighted by molar-refractivity contribution is 0.0944. The Labute approximate surface area is 149 Å². The molecule has 2 heterocycles. The molecule has 0 spiro atoms. The molecule has 1 aromatic carbocycles. The molecule has 0 unspecified atom stereocenters. The van der Waals surface area contributed by atoms with Crippen LogP contribution in [0.2, 0.25) is 0 Å². The molecule has 0 radical (unpaired) electrons. The summed E-state index contributed by atoms with van der Waals surface area (Å²) in [6.45, 7) is 4.04. The monoisotopic (exact) mass is 357 g/mol. The van der Waals surface area contributed by atoms with Crippen molar-refractivity contribution in [2.45, 2.75) is 24.8 Å². The summed E-state index contributed by atoms with van der Waals surface area (Å²) < 4.78 is 1.72. The quantitative estimate of drug-likeness (QED) is 0.653. The third kappa shape index (κ3) is 3.97. The maximum atomic E-state index is 12.2. The zero-order valence-electron chi connectivity index (χ0n) is 14.1. The van der Waals surface area contributed by atoms with Gasteiger partial charge in [0.15, 0.2) is 0 Å². The van der Waals surface area contributed by atoms with E-state index in [4.69, 9.17) is 5.11 Å². The number of thioether (sulfide) groups is 1. The van der Waals surface area contributed by atoms with Crippen LogP contribution in [0.3, 0.4) is 0 Å². The lowest BCUT2D eigenvalue weighted by Gasteiger charge is -2.08. The first-order valence-electron chi connectivity index (χ1n) is 7.89. The van der Waals surface area contributed by atoms with E-state index < -0.39 is 0 Å². The predicted octanol–water partition coefficient (Wildman–Crippen LogP) is 1.76. The lowest BCUT2D eigenvalue weighted by Crippen LogP contribution is -2.27. The molecule has 8 heteroatoms. The summed E-state index contributed by atoms with van der Waals surface area (Å²) in [5.74, 6) is 0.952. The Hall–Kier alpha value is -2.45. The number of aliphatic hydroxyl groups excluding tert-OH is 1. The van der Waals surface area contributed by atoms with Crippen molar-refractivity contribution < 1.29 is 9.90 Å². The van der Waals surface area contributed by atoms with Gasteiger partial charge in [-0.3, -0.25) is 4.79 Å². The van der Waals surface area contributed by atoms with Gasteiger partial charge in [0.05, 0.1) is 6.61 Å². The number of aromatic nitrogens is 4. The van der Waals surface area contributed by atoms with Crippen molar-refractivity contribution in [3.05, 3.63) is 52.8 Å². The van der Waals surface area contributed by atoms with Gasteiger partial charge in [-0.1, -0.05) is 30.0 Å². The molecule has 2 aromatic heterocycles. The third-order valence-corrected chi connectivity index (χ3v) is 4.50. The second-order valence-electron chi connectivity index (χ2n) is 5.57.